The van der Waals surface area contributed by atoms with Crippen LogP contribution in [0.3, 0.4) is 0 Å². The van der Waals surface area contributed by atoms with Gasteiger partial charge in [0, 0.05) is 22.3 Å². The Morgan fingerprint density at radius 3 is 0.915 bits per heavy atom. The standard InChI is InChI=1S/C11H8F12O2.C9H8F8O2.C8H8F6O2.C6H7F3O2/c1-4(2)6(24)25-11(22,23)10(20,21)9(18,19)8(16,17)5(12)3-7(13,14)15;1-4(2)6(18)19-9(16,17)8(14,15)5(10)3-7(11,12)13;1-4(2)6(15)16-8(13,14)5(9)3-7(10,11)12;1-4(2)5(10)11-3-6(7,8)9/h5H,1,3H2,2H3;5H,1,3H2,2H3;5H,1,3H2,2H3;1,3H2,2H3. The zero-order chi connectivity index (χ0) is 58.5. The van der Waals surface area contributed by atoms with Crippen molar-refractivity contribution in [3.8, 4) is 0 Å². The molecular weight excluding hydrogens is 1090 g/mol. The minimum atomic E-state index is -7.36. The third-order valence-electron chi connectivity index (χ3n) is 6.38. The van der Waals surface area contributed by atoms with Crippen LogP contribution >= 0.6 is 0 Å². The van der Waals surface area contributed by atoms with Gasteiger partial charge in [0.2, 0.25) is 6.17 Å². The molecule has 0 radical (unpaired) electrons. The van der Waals surface area contributed by atoms with E-state index in [1.54, 1.807) is 0 Å². The van der Waals surface area contributed by atoms with E-state index in [9.17, 15) is 147 Å². The molecule has 0 fully saturated rings. The number of carbonyl (C=O) groups is 4. The molecule has 0 aromatic heterocycles. The zero-order valence-electron chi connectivity index (χ0n) is 35.1. The number of hydrogen-bond donors (Lipinski definition) is 0. The number of halogens is 29. The van der Waals surface area contributed by atoms with Crippen LogP contribution in [0, 0.1) is 0 Å². The predicted octanol–water partition coefficient (Wildman–Crippen LogP) is 13.2. The number of hydrogen-bond acceptors (Lipinski definition) is 8. The van der Waals surface area contributed by atoms with Crippen molar-refractivity contribution in [2.45, 2.75) is 132 Å². The lowest BCUT2D eigenvalue weighted by Crippen LogP contribution is -2.65. The first-order chi connectivity index (χ1) is 30.7. The first-order valence-electron chi connectivity index (χ1n) is 17.0. The minimum absolute atomic E-state index is 0.0470. The van der Waals surface area contributed by atoms with Gasteiger partial charge in [0.15, 0.2) is 19.0 Å². The van der Waals surface area contributed by atoms with E-state index in [4.69, 9.17) is 0 Å². The lowest BCUT2D eigenvalue weighted by Gasteiger charge is -2.37. The van der Waals surface area contributed by atoms with Crippen LogP contribution in [0.15, 0.2) is 48.6 Å². The predicted molar refractivity (Wildman–Crippen MR) is 176 cm³/mol. The summed E-state index contributed by atoms with van der Waals surface area (Å²) in [6.07, 6.45) is -59.4. The first kappa shape index (κ1) is 72.4. The number of carbonyl (C=O) groups excluding carboxylic acids is 4. The van der Waals surface area contributed by atoms with Gasteiger partial charge in [-0.1, -0.05) is 26.3 Å². The summed E-state index contributed by atoms with van der Waals surface area (Å²) in [4.78, 5) is 42.3. The molecule has 0 amide bonds. The second kappa shape index (κ2) is 25.5. The van der Waals surface area contributed by atoms with Gasteiger partial charge in [-0.05, 0) is 27.7 Å². The molecule has 0 aliphatic carbocycles. The van der Waals surface area contributed by atoms with Gasteiger partial charge in [-0.2, -0.15) is 114 Å². The monoisotopic (exact) mass is 1120 g/mol. The molecule has 0 saturated heterocycles. The largest absolute Gasteiger partial charge is 0.473 e. The maximum absolute atomic E-state index is 13.2. The minimum Gasteiger partial charge on any atom is -0.453 e. The number of alkyl halides is 29. The van der Waals surface area contributed by atoms with E-state index in [1.165, 1.54) is 6.92 Å². The van der Waals surface area contributed by atoms with Crippen LogP contribution in [0.2, 0.25) is 0 Å². The first-order valence-corrected chi connectivity index (χ1v) is 17.0. The number of esters is 4. The molecular formula is C34H31F29O8. The number of ether oxygens (including phenoxy) is 4. The van der Waals surface area contributed by atoms with E-state index in [0.29, 0.717) is 6.92 Å². The Kier molecular flexibility index (Phi) is 25.9. The normalized spacial score (nSPS) is 14.5. The zero-order valence-corrected chi connectivity index (χ0v) is 35.1. The van der Waals surface area contributed by atoms with Crippen molar-refractivity contribution in [1.29, 1.82) is 0 Å². The third-order valence-corrected chi connectivity index (χ3v) is 6.38. The van der Waals surface area contributed by atoms with Crippen LogP contribution in [0.25, 0.3) is 0 Å². The lowest BCUT2D eigenvalue weighted by molar-refractivity contribution is -0.422. The maximum Gasteiger partial charge on any atom is 0.473 e. The van der Waals surface area contributed by atoms with Crippen molar-refractivity contribution < 1.29 is 165 Å². The average Bonchev–Trinajstić information content (AvgIpc) is 3.11. The second-order valence-corrected chi connectivity index (χ2v) is 13.3. The van der Waals surface area contributed by atoms with Crippen molar-refractivity contribution in [3.63, 3.8) is 0 Å². The fourth-order valence-electron chi connectivity index (χ4n) is 2.84. The highest BCUT2D eigenvalue weighted by atomic mass is 19.4. The summed E-state index contributed by atoms with van der Waals surface area (Å²) in [5, 5.41) is 0. The Balaban J connectivity index is -0.000000438. The van der Waals surface area contributed by atoms with E-state index in [1.807, 2.05) is 0 Å². The molecule has 0 aromatic rings. The van der Waals surface area contributed by atoms with Gasteiger partial charge in [0.05, 0.1) is 19.3 Å². The van der Waals surface area contributed by atoms with Gasteiger partial charge in [0.1, 0.15) is 0 Å². The molecule has 71 heavy (non-hydrogen) atoms. The van der Waals surface area contributed by atoms with Gasteiger partial charge >= 0.3 is 90.6 Å². The lowest BCUT2D eigenvalue weighted by atomic mass is 9.97. The van der Waals surface area contributed by atoms with Crippen molar-refractivity contribution in [3.05, 3.63) is 48.6 Å². The molecule has 8 nitrogen and oxygen atoms in total. The summed E-state index contributed by atoms with van der Waals surface area (Å²) < 4.78 is 371. The Morgan fingerprint density at radius 1 is 0.366 bits per heavy atom. The molecule has 3 unspecified atom stereocenters. The van der Waals surface area contributed by atoms with Crippen LogP contribution in [-0.2, 0) is 38.1 Å². The van der Waals surface area contributed by atoms with Gasteiger partial charge in [-0.25, -0.2) is 32.3 Å². The van der Waals surface area contributed by atoms with E-state index >= 15 is 0 Å². The van der Waals surface area contributed by atoms with Crippen molar-refractivity contribution in [1.82, 2.24) is 0 Å². The van der Waals surface area contributed by atoms with Gasteiger partial charge < -0.3 is 18.9 Å². The summed E-state index contributed by atoms with van der Waals surface area (Å²) >= 11 is 0. The van der Waals surface area contributed by atoms with Crippen LogP contribution in [0.5, 0.6) is 0 Å². The molecule has 0 aromatic carbocycles. The van der Waals surface area contributed by atoms with Crippen LogP contribution in [0.4, 0.5) is 127 Å². The highest BCUT2D eigenvalue weighted by molar-refractivity contribution is 5.88. The highest BCUT2D eigenvalue weighted by Gasteiger charge is 2.84. The quantitative estimate of drug-likeness (QED) is 0.0578. The average molecular weight is 1120 g/mol. The van der Waals surface area contributed by atoms with Crippen molar-refractivity contribution in [2.75, 3.05) is 6.61 Å². The fourth-order valence-corrected chi connectivity index (χ4v) is 2.84. The topological polar surface area (TPSA) is 105 Å². The summed E-state index contributed by atoms with van der Waals surface area (Å²) in [7, 11) is 0. The Morgan fingerprint density at radius 2 is 0.634 bits per heavy atom. The molecule has 0 spiro atoms. The molecule has 0 heterocycles. The van der Waals surface area contributed by atoms with Crippen LogP contribution < -0.4 is 0 Å². The van der Waals surface area contributed by atoms with E-state index in [0.717, 1.165) is 13.8 Å². The summed E-state index contributed by atoms with van der Waals surface area (Å²) in [6.45, 7) is 13.6. The SMILES string of the molecule is C=C(C)C(=O)OC(F)(F)C(F)(F)C(F)(F)C(F)(F)C(F)CC(F)(F)F.C=C(C)C(=O)OC(F)(F)C(F)(F)C(F)CC(F)(F)F.C=C(C)C(=O)OC(F)(F)C(F)CC(F)(F)F.C=C(C)C(=O)OCC(F)(F)F. The molecule has 0 rings (SSSR count). The molecule has 0 N–H and O–H groups in total. The molecule has 0 saturated carbocycles. The summed E-state index contributed by atoms with van der Waals surface area (Å²) in [5.41, 5.74) is -2.25. The number of rotatable bonds is 18. The Bertz CT molecular complexity index is 1840. The molecule has 3 atom stereocenters. The van der Waals surface area contributed by atoms with Gasteiger partial charge in [-0.3, -0.25) is 0 Å². The van der Waals surface area contributed by atoms with E-state index < -0.39 is 152 Å². The smallest absolute Gasteiger partial charge is 0.453 e. The Hall–Kier alpha value is -5.19. The van der Waals surface area contributed by atoms with Crippen LogP contribution in [0.1, 0.15) is 47.0 Å². The van der Waals surface area contributed by atoms with E-state index in [2.05, 4.69) is 45.3 Å². The van der Waals surface area contributed by atoms with Gasteiger partial charge in [-0.15, -0.1) is 0 Å². The second-order valence-electron chi connectivity index (χ2n) is 13.3. The van der Waals surface area contributed by atoms with Crippen LogP contribution in [-0.4, -0.2) is 116 Å². The molecule has 37 heteroatoms. The highest BCUT2D eigenvalue weighted by Crippen LogP contribution is 2.55. The molecule has 0 aliphatic rings. The summed E-state index contributed by atoms with van der Waals surface area (Å²) in [5.74, 6) is -34.4. The third kappa shape index (κ3) is 25.2. The van der Waals surface area contributed by atoms with Crippen molar-refractivity contribution in [2.24, 2.45) is 0 Å². The van der Waals surface area contributed by atoms with Gasteiger partial charge in [0.25, 0.3) is 0 Å². The molecule has 418 valence electrons. The maximum atomic E-state index is 13.2. The Labute approximate surface area is 377 Å². The summed E-state index contributed by atoms with van der Waals surface area (Å²) in [6, 6.07) is 0. The van der Waals surface area contributed by atoms with E-state index in [-0.39, 0.29) is 5.57 Å². The van der Waals surface area contributed by atoms with Crippen molar-refractivity contribution >= 4 is 23.9 Å². The molecule has 0 aliphatic heterocycles. The molecule has 0 bridgehead atoms. The fraction of sp³-hybridized carbons (Fsp3) is 0.647.